The molecule has 3 heterocycles. The van der Waals surface area contributed by atoms with E-state index in [2.05, 4.69) is 10.3 Å². The van der Waals surface area contributed by atoms with Crippen molar-refractivity contribution in [3.63, 3.8) is 0 Å². The molecule has 8 heteroatoms. The Morgan fingerprint density at radius 1 is 1.05 bits per heavy atom. The first-order valence-electron chi connectivity index (χ1n) is 11.8. The van der Waals surface area contributed by atoms with Crippen molar-refractivity contribution in [1.82, 2.24) is 14.8 Å². The van der Waals surface area contributed by atoms with Crippen molar-refractivity contribution in [3.05, 3.63) is 120 Å². The van der Waals surface area contributed by atoms with Crippen molar-refractivity contribution < 1.29 is 19.1 Å². The first-order valence-corrected chi connectivity index (χ1v) is 11.8. The van der Waals surface area contributed by atoms with Gasteiger partial charge in [0.1, 0.15) is 5.69 Å². The molecule has 2 aromatic carbocycles. The van der Waals surface area contributed by atoms with Crippen LogP contribution in [-0.2, 0) is 25.6 Å². The van der Waals surface area contributed by atoms with Gasteiger partial charge in [-0.3, -0.25) is 14.5 Å². The summed E-state index contributed by atoms with van der Waals surface area (Å²) in [6.07, 6.45) is 6.83. The van der Waals surface area contributed by atoms with Crippen molar-refractivity contribution in [2.75, 3.05) is 11.9 Å². The zero-order valence-corrected chi connectivity index (χ0v) is 20.1. The Bertz CT molecular complexity index is 1480. The molecule has 5 rings (SSSR count). The maximum absolute atomic E-state index is 13.3. The number of aromatic nitrogens is 3. The number of hydrogen-bond donors (Lipinski definition) is 1. The minimum atomic E-state index is -0.749. The molecule has 0 fully saturated rings. The number of esters is 1. The van der Waals surface area contributed by atoms with Gasteiger partial charge in [-0.25, -0.2) is 4.79 Å². The number of nitrogens with zero attached hydrogens (tertiary/aromatic N) is 3. The fourth-order valence-corrected chi connectivity index (χ4v) is 3.92. The van der Waals surface area contributed by atoms with Crippen molar-refractivity contribution in [3.8, 4) is 11.3 Å². The van der Waals surface area contributed by atoms with Gasteiger partial charge >= 0.3 is 5.97 Å². The molecule has 0 saturated heterocycles. The van der Waals surface area contributed by atoms with Crippen LogP contribution in [0.25, 0.3) is 17.3 Å². The van der Waals surface area contributed by atoms with Gasteiger partial charge in [-0.2, -0.15) is 5.10 Å². The summed E-state index contributed by atoms with van der Waals surface area (Å²) < 4.78 is 12.8. The van der Waals surface area contributed by atoms with Crippen LogP contribution in [0.1, 0.15) is 18.1 Å². The SMILES string of the molecule is CCOC(=O)C1=C(Nc2ccccc2)O/C(=C/c2cn(Cc3ccccc3)nc2-c2cccnc2)C1=O. The Hall–Kier alpha value is -4.98. The van der Waals surface area contributed by atoms with E-state index in [1.54, 1.807) is 42.2 Å². The van der Waals surface area contributed by atoms with Crippen molar-refractivity contribution in [2.24, 2.45) is 0 Å². The van der Waals surface area contributed by atoms with Crippen LogP contribution in [0, 0.1) is 0 Å². The van der Waals surface area contributed by atoms with Crippen LogP contribution in [0.3, 0.4) is 0 Å². The van der Waals surface area contributed by atoms with E-state index >= 15 is 0 Å². The minimum Gasteiger partial charge on any atom is -0.462 e. The van der Waals surface area contributed by atoms with Gasteiger partial charge in [-0.1, -0.05) is 48.5 Å². The average molecular weight is 493 g/mol. The van der Waals surface area contributed by atoms with Crippen molar-refractivity contribution in [2.45, 2.75) is 13.5 Å². The van der Waals surface area contributed by atoms with Crippen LogP contribution >= 0.6 is 0 Å². The van der Waals surface area contributed by atoms with Gasteiger partial charge in [0.05, 0.1) is 13.2 Å². The summed E-state index contributed by atoms with van der Waals surface area (Å²) in [4.78, 5) is 30.2. The molecule has 0 saturated carbocycles. The number of carbonyl (C=O) groups is 2. The maximum atomic E-state index is 13.3. The number of Topliss-reactive ketones (excluding diaryl/α,β-unsaturated/α-hetero) is 1. The lowest BCUT2D eigenvalue weighted by Crippen LogP contribution is -2.16. The van der Waals surface area contributed by atoms with E-state index in [0.29, 0.717) is 23.5 Å². The molecule has 4 aromatic rings. The monoisotopic (exact) mass is 492 g/mol. The quantitative estimate of drug-likeness (QED) is 0.214. The fraction of sp³-hybridized carbons (Fsp3) is 0.103. The zero-order valence-electron chi connectivity index (χ0n) is 20.1. The Morgan fingerprint density at radius 3 is 2.51 bits per heavy atom. The number of pyridine rings is 1. The number of allylic oxidation sites excluding steroid dienone is 1. The van der Waals surface area contributed by atoms with Crippen LogP contribution < -0.4 is 5.32 Å². The van der Waals surface area contributed by atoms with Crippen LogP contribution in [-0.4, -0.2) is 33.1 Å². The lowest BCUT2D eigenvalue weighted by atomic mass is 10.1. The third-order valence-corrected chi connectivity index (χ3v) is 5.60. The van der Waals surface area contributed by atoms with Crippen LogP contribution in [0.15, 0.2) is 109 Å². The number of hydrogen-bond acceptors (Lipinski definition) is 7. The number of para-hydroxylation sites is 1. The van der Waals surface area contributed by atoms with Gasteiger partial charge in [0.15, 0.2) is 11.3 Å². The third-order valence-electron chi connectivity index (χ3n) is 5.60. The molecule has 0 bridgehead atoms. The molecule has 8 nitrogen and oxygen atoms in total. The smallest absolute Gasteiger partial charge is 0.347 e. The van der Waals surface area contributed by atoms with Gasteiger partial charge in [0.2, 0.25) is 11.7 Å². The second kappa shape index (κ2) is 10.7. The van der Waals surface area contributed by atoms with Crippen molar-refractivity contribution >= 4 is 23.5 Å². The lowest BCUT2D eigenvalue weighted by Gasteiger charge is -2.08. The Balaban J connectivity index is 1.52. The zero-order chi connectivity index (χ0) is 25.6. The highest BCUT2D eigenvalue weighted by Crippen LogP contribution is 2.31. The number of rotatable bonds is 8. The predicted octanol–water partition coefficient (Wildman–Crippen LogP) is 4.82. The molecule has 0 aliphatic carbocycles. The molecular weight excluding hydrogens is 468 g/mol. The number of anilines is 1. The Labute approximate surface area is 213 Å². The molecule has 0 amide bonds. The van der Waals surface area contributed by atoms with E-state index in [9.17, 15) is 9.59 Å². The topological polar surface area (TPSA) is 95.3 Å². The van der Waals surface area contributed by atoms with E-state index in [1.807, 2.05) is 66.9 Å². The van der Waals surface area contributed by atoms with Gasteiger partial charge in [-0.05, 0) is 42.8 Å². The number of benzene rings is 2. The predicted molar refractivity (Wildman–Crippen MR) is 139 cm³/mol. The molecule has 0 unspecified atom stereocenters. The minimum absolute atomic E-state index is 0.00844. The number of nitrogens with one attached hydrogen (secondary N) is 1. The molecule has 184 valence electrons. The second-order valence-electron chi connectivity index (χ2n) is 8.21. The van der Waals surface area contributed by atoms with E-state index in [-0.39, 0.29) is 23.8 Å². The van der Waals surface area contributed by atoms with Gasteiger partial charge in [-0.15, -0.1) is 0 Å². The molecule has 0 atom stereocenters. The second-order valence-corrected chi connectivity index (χ2v) is 8.21. The number of ether oxygens (including phenoxy) is 2. The summed E-state index contributed by atoms with van der Waals surface area (Å²) in [5, 5.41) is 7.78. The summed E-state index contributed by atoms with van der Waals surface area (Å²) in [7, 11) is 0. The molecule has 37 heavy (non-hydrogen) atoms. The summed E-state index contributed by atoms with van der Waals surface area (Å²) in [5.74, 6) is -1.29. The van der Waals surface area contributed by atoms with Gasteiger partial charge < -0.3 is 14.8 Å². The number of ketones is 1. The Morgan fingerprint density at radius 2 is 1.81 bits per heavy atom. The van der Waals surface area contributed by atoms with E-state index in [0.717, 1.165) is 11.1 Å². The van der Waals surface area contributed by atoms with Crippen molar-refractivity contribution in [1.29, 1.82) is 0 Å². The summed E-state index contributed by atoms with van der Waals surface area (Å²) >= 11 is 0. The standard InChI is InChI=1S/C29H24N4O4/c1-2-36-29(35)25-27(34)24(37-28(25)31-23-13-7-4-8-14-23)16-22-19-33(18-20-10-5-3-6-11-20)32-26(22)21-12-9-15-30-17-21/h3-17,19,31H,2,18H2,1H3/b24-16+. The lowest BCUT2D eigenvalue weighted by molar-refractivity contribution is -0.139. The van der Waals surface area contributed by atoms with E-state index < -0.39 is 11.8 Å². The summed E-state index contributed by atoms with van der Waals surface area (Å²) in [6.45, 7) is 2.35. The number of carbonyl (C=O) groups excluding carboxylic acids is 2. The van der Waals surface area contributed by atoms with Crippen LogP contribution in [0.4, 0.5) is 5.69 Å². The largest absolute Gasteiger partial charge is 0.462 e. The van der Waals surface area contributed by atoms with E-state index in [4.69, 9.17) is 14.6 Å². The molecule has 0 spiro atoms. The maximum Gasteiger partial charge on any atom is 0.347 e. The van der Waals surface area contributed by atoms with Gasteiger partial charge in [0.25, 0.3) is 0 Å². The molecular formula is C29H24N4O4. The molecule has 1 N–H and O–H groups in total. The molecule has 0 radical (unpaired) electrons. The molecule has 1 aliphatic rings. The summed E-state index contributed by atoms with van der Waals surface area (Å²) in [5.41, 5.74) is 3.63. The summed E-state index contributed by atoms with van der Waals surface area (Å²) in [6, 6.07) is 22.8. The van der Waals surface area contributed by atoms with Gasteiger partial charge in [0, 0.05) is 35.4 Å². The normalized spacial score (nSPS) is 14.1. The van der Waals surface area contributed by atoms with E-state index in [1.165, 1.54) is 0 Å². The average Bonchev–Trinajstić information content (AvgIpc) is 3.45. The highest BCUT2D eigenvalue weighted by molar-refractivity contribution is 6.26. The van der Waals surface area contributed by atoms with Crippen LogP contribution in [0.2, 0.25) is 0 Å². The molecule has 2 aromatic heterocycles. The highest BCUT2D eigenvalue weighted by Gasteiger charge is 2.37. The first-order chi connectivity index (χ1) is 18.1. The van der Waals surface area contributed by atoms with Crippen LogP contribution in [0.5, 0.6) is 0 Å². The Kier molecular flexibility index (Phi) is 6.89. The third kappa shape index (κ3) is 5.33. The highest BCUT2D eigenvalue weighted by atomic mass is 16.5. The first kappa shape index (κ1) is 23.7. The molecule has 1 aliphatic heterocycles. The fourth-order valence-electron chi connectivity index (χ4n) is 3.92.